The summed E-state index contributed by atoms with van der Waals surface area (Å²) in [4.78, 5) is 24.0. The van der Waals surface area contributed by atoms with Gasteiger partial charge in [-0.25, -0.2) is 14.4 Å². The molecule has 0 aromatic carbocycles. The molecule has 0 N–H and O–H groups in total. The quantitative estimate of drug-likeness (QED) is 0.357. The summed E-state index contributed by atoms with van der Waals surface area (Å²) in [5, 5.41) is 13.8. The minimum atomic E-state index is -0.702. The van der Waals surface area contributed by atoms with Crippen LogP contribution in [0.2, 0.25) is 5.15 Å². The zero-order valence-electron chi connectivity index (χ0n) is 15.4. The van der Waals surface area contributed by atoms with Crippen LogP contribution in [-0.4, -0.2) is 37.1 Å². The molecule has 0 atom stereocenters. The molecule has 2 aliphatic rings. The number of hydrogen-bond donors (Lipinski definition) is 0. The number of nitrogens with zero attached hydrogens (tertiary/aromatic N) is 7. The Morgan fingerprint density at radius 1 is 1.34 bits per heavy atom. The summed E-state index contributed by atoms with van der Waals surface area (Å²) >= 11 is 7.46. The van der Waals surface area contributed by atoms with Crippen LogP contribution >= 0.6 is 23.4 Å². The van der Waals surface area contributed by atoms with Gasteiger partial charge in [-0.2, -0.15) is 10.4 Å². The molecule has 1 aliphatic heterocycles. The van der Waals surface area contributed by atoms with Crippen molar-refractivity contribution in [2.45, 2.75) is 37.1 Å². The number of anilines is 1. The summed E-state index contributed by atoms with van der Waals surface area (Å²) in [6, 6.07) is 2.05. The molecule has 0 bridgehead atoms. The largest absolute Gasteiger partial charge is 0.348 e. The average Bonchev–Trinajstić information content (AvgIpc) is 3.49. The Morgan fingerprint density at radius 2 is 2.14 bits per heavy atom. The van der Waals surface area contributed by atoms with Crippen molar-refractivity contribution in [1.82, 2.24) is 24.3 Å². The van der Waals surface area contributed by atoms with Gasteiger partial charge in [0.15, 0.2) is 16.1 Å². The van der Waals surface area contributed by atoms with Gasteiger partial charge >= 0.3 is 0 Å². The standard InChI is InChI=1S/C18H15ClFN7OS/c1-29-18-23-14-12(17(28)27(10-2-3-10)15(19)13(14)20)16(24-18)25-4-5-26-11(8-25)9(6-21)7-22-26/h7,10H,2-5,8H2,1H3. The summed E-state index contributed by atoms with van der Waals surface area (Å²) in [5.74, 6) is -0.336. The third-order valence-corrected chi connectivity index (χ3v) is 6.18. The maximum absolute atomic E-state index is 15.1. The lowest BCUT2D eigenvalue weighted by Crippen LogP contribution is -2.36. The second kappa shape index (κ2) is 6.71. The van der Waals surface area contributed by atoms with Gasteiger partial charge in [0.25, 0.3) is 5.56 Å². The van der Waals surface area contributed by atoms with E-state index < -0.39 is 5.82 Å². The number of pyridine rings is 1. The van der Waals surface area contributed by atoms with Gasteiger partial charge in [0.1, 0.15) is 22.8 Å². The molecule has 4 heterocycles. The second-order valence-corrected chi connectivity index (χ2v) is 8.16. The van der Waals surface area contributed by atoms with Crippen LogP contribution in [0.5, 0.6) is 0 Å². The van der Waals surface area contributed by atoms with Gasteiger partial charge in [-0.1, -0.05) is 23.4 Å². The van der Waals surface area contributed by atoms with Crippen LogP contribution in [0.25, 0.3) is 10.9 Å². The van der Waals surface area contributed by atoms with Gasteiger partial charge in [-0.15, -0.1) is 0 Å². The average molecular weight is 432 g/mol. The minimum absolute atomic E-state index is 0.0640. The predicted molar refractivity (Wildman–Crippen MR) is 107 cm³/mol. The SMILES string of the molecule is CSc1nc(N2CCn3ncc(C#N)c3C2)c2c(=O)n(C3CC3)c(Cl)c(F)c2n1. The summed E-state index contributed by atoms with van der Waals surface area (Å²) in [7, 11) is 0. The molecular weight excluding hydrogens is 417 g/mol. The van der Waals surface area contributed by atoms with Gasteiger partial charge < -0.3 is 4.90 Å². The third kappa shape index (κ3) is 2.80. The fraction of sp³-hybridized carbons (Fsp3) is 0.389. The van der Waals surface area contributed by atoms with Crippen molar-refractivity contribution in [3.8, 4) is 6.07 Å². The van der Waals surface area contributed by atoms with E-state index in [0.29, 0.717) is 36.2 Å². The molecule has 148 valence electrons. The summed E-state index contributed by atoms with van der Waals surface area (Å²) in [6.07, 6.45) is 4.90. The van der Waals surface area contributed by atoms with Crippen molar-refractivity contribution in [2.24, 2.45) is 0 Å². The van der Waals surface area contributed by atoms with Crippen molar-refractivity contribution in [2.75, 3.05) is 17.7 Å². The predicted octanol–water partition coefficient (Wildman–Crippen LogP) is 2.73. The lowest BCUT2D eigenvalue weighted by atomic mass is 10.2. The van der Waals surface area contributed by atoms with Crippen molar-refractivity contribution >= 4 is 40.1 Å². The maximum Gasteiger partial charge on any atom is 0.265 e. The lowest BCUT2D eigenvalue weighted by Gasteiger charge is -2.29. The highest BCUT2D eigenvalue weighted by Gasteiger charge is 2.32. The van der Waals surface area contributed by atoms with Gasteiger partial charge in [0.2, 0.25) is 0 Å². The van der Waals surface area contributed by atoms with Crippen molar-refractivity contribution in [3.05, 3.63) is 38.8 Å². The Labute approximate surface area is 173 Å². The third-order valence-electron chi connectivity index (χ3n) is 5.29. The second-order valence-electron chi connectivity index (χ2n) is 7.03. The number of hydrogen-bond acceptors (Lipinski definition) is 7. The first kappa shape index (κ1) is 18.4. The molecule has 0 unspecified atom stereocenters. The number of nitriles is 1. The van der Waals surface area contributed by atoms with Crippen LogP contribution in [0.4, 0.5) is 10.2 Å². The van der Waals surface area contributed by atoms with E-state index in [2.05, 4.69) is 21.1 Å². The molecular formula is C18H15ClFN7OS. The Balaban J connectivity index is 1.75. The molecule has 1 saturated carbocycles. The minimum Gasteiger partial charge on any atom is -0.348 e. The smallest absolute Gasteiger partial charge is 0.265 e. The van der Waals surface area contributed by atoms with Crippen molar-refractivity contribution in [1.29, 1.82) is 5.26 Å². The molecule has 0 amide bonds. The first-order chi connectivity index (χ1) is 14.0. The molecule has 8 nitrogen and oxygen atoms in total. The first-order valence-electron chi connectivity index (χ1n) is 9.08. The van der Waals surface area contributed by atoms with Crippen LogP contribution < -0.4 is 10.5 Å². The van der Waals surface area contributed by atoms with E-state index in [9.17, 15) is 10.1 Å². The topological polar surface area (TPSA) is 92.6 Å². The molecule has 3 aromatic rings. The molecule has 5 rings (SSSR count). The van der Waals surface area contributed by atoms with Gasteiger partial charge in [-0.3, -0.25) is 14.0 Å². The molecule has 3 aromatic heterocycles. The van der Waals surface area contributed by atoms with Crippen molar-refractivity contribution in [3.63, 3.8) is 0 Å². The van der Waals surface area contributed by atoms with E-state index in [1.807, 2.05) is 4.90 Å². The monoisotopic (exact) mass is 431 g/mol. The Morgan fingerprint density at radius 3 is 2.83 bits per heavy atom. The molecule has 0 saturated heterocycles. The van der Waals surface area contributed by atoms with Crippen LogP contribution in [0.3, 0.4) is 0 Å². The first-order valence-corrected chi connectivity index (χ1v) is 10.7. The number of aromatic nitrogens is 5. The van der Waals surface area contributed by atoms with Gasteiger partial charge in [-0.05, 0) is 19.1 Å². The van der Waals surface area contributed by atoms with Crippen molar-refractivity contribution < 1.29 is 4.39 Å². The lowest BCUT2D eigenvalue weighted by molar-refractivity contribution is 0.516. The number of rotatable bonds is 3. The van der Waals surface area contributed by atoms with E-state index in [4.69, 9.17) is 11.6 Å². The van der Waals surface area contributed by atoms with E-state index in [-0.39, 0.29) is 27.7 Å². The molecule has 0 radical (unpaired) electrons. The highest BCUT2D eigenvalue weighted by atomic mass is 35.5. The number of thioether (sulfide) groups is 1. The fourth-order valence-corrected chi connectivity index (χ4v) is 4.36. The normalized spacial score (nSPS) is 16.1. The Hall–Kier alpha value is -2.64. The van der Waals surface area contributed by atoms with E-state index in [0.717, 1.165) is 18.5 Å². The molecule has 11 heteroatoms. The zero-order chi connectivity index (χ0) is 20.3. The molecule has 1 fully saturated rings. The van der Waals surface area contributed by atoms with Crippen LogP contribution in [0, 0.1) is 17.1 Å². The van der Waals surface area contributed by atoms with E-state index in [1.54, 1.807) is 10.9 Å². The van der Waals surface area contributed by atoms with Crippen LogP contribution in [-0.2, 0) is 13.1 Å². The highest BCUT2D eigenvalue weighted by molar-refractivity contribution is 7.98. The zero-order valence-corrected chi connectivity index (χ0v) is 17.0. The molecule has 0 spiro atoms. The van der Waals surface area contributed by atoms with E-state index in [1.165, 1.54) is 22.5 Å². The van der Waals surface area contributed by atoms with Crippen LogP contribution in [0.1, 0.15) is 30.1 Å². The van der Waals surface area contributed by atoms with E-state index >= 15 is 4.39 Å². The fourth-order valence-electron chi connectivity index (χ4n) is 3.70. The molecule has 1 aliphatic carbocycles. The maximum atomic E-state index is 15.1. The molecule has 29 heavy (non-hydrogen) atoms. The Kier molecular flexibility index (Phi) is 4.26. The summed E-state index contributed by atoms with van der Waals surface area (Å²) in [6.45, 7) is 1.40. The summed E-state index contributed by atoms with van der Waals surface area (Å²) in [5.41, 5.74) is 0.776. The van der Waals surface area contributed by atoms with Crippen LogP contribution in [0.15, 0.2) is 16.1 Å². The number of halogens is 2. The Bertz CT molecular complexity index is 1260. The highest BCUT2D eigenvalue weighted by Crippen LogP contribution is 2.39. The number of fused-ring (bicyclic) bond motifs is 2. The van der Waals surface area contributed by atoms with Gasteiger partial charge in [0.05, 0.1) is 30.5 Å². The summed E-state index contributed by atoms with van der Waals surface area (Å²) < 4.78 is 18.2. The van der Waals surface area contributed by atoms with Gasteiger partial charge in [0, 0.05) is 12.6 Å².